The van der Waals surface area contributed by atoms with Crippen LogP contribution in [0.5, 0.6) is 11.5 Å². The summed E-state index contributed by atoms with van der Waals surface area (Å²) in [6.07, 6.45) is 0. The predicted molar refractivity (Wildman–Crippen MR) is 49.1 cm³/mol. The van der Waals surface area contributed by atoms with Gasteiger partial charge < -0.3 is 14.8 Å². The second kappa shape index (κ2) is 3.85. The van der Waals surface area contributed by atoms with Crippen LogP contribution in [0.25, 0.3) is 0 Å². The molecule has 1 aromatic rings. The molecule has 0 fully saturated rings. The molecule has 3 heteroatoms. The summed E-state index contributed by atoms with van der Waals surface area (Å²) in [5.41, 5.74) is 0.957. The second-order valence-electron chi connectivity index (χ2n) is 2.32. The number of ether oxygens (including phenoxy) is 2. The van der Waals surface area contributed by atoms with Crippen molar-refractivity contribution in [3.63, 3.8) is 0 Å². The van der Waals surface area contributed by atoms with E-state index in [-0.39, 0.29) is 0 Å². The Morgan fingerprint density at radius 2 is 1.92 bits per heavy atom. The first-order valence-corrected chi connectivity index (χ1v) is 3.71. The zero-order valence-electron chi connectivity index (χ0n) is 7.55. The molecule has 0 aromatic heterocycles. The highest BCUT2D eigenvalue weighted by Crippen LogP contribution is 2.28. The smallest absolute Gasteiger partial charge is 0.145 e. The SMILES string of the molecule is CNc1ccc(OC)cc1OC. The fraction of sp³-hybridized carbons (Fsp3) is 0.333. The average Bonchev–Trinajstić information content (AvgIpc) is 2.16. The number of hydrogen-bond acceptors (Lipinski definition) is 3. The zero-order chi connectivity index (χ0) is 8.97. The Hall–Kier alpha value is -1.38. The second-order valence-corrected chi connectivity index (χ2v) is 2.32. The van der Waals surface area contributed by atoms with Crippen LogP contribution in [-0.2, 0) is 0 Å². The molecule has 0 aliphatic heterocycles. The van der Waals surface area contributed by atoms with Crippen LogP contribution in [0.15, 0.2) is 18.2 Å². The summed E-state index contributed by atoms with van der Waals surface area (Å²) in [4.78, 5) is 0. The number of hydrogen-bond donors (Lipinski definition) is 1. The van der Waals surface area contributed by atoms with Crippen LogP contribution in [0, 0.1) is 0 Å². The molecule has 1 N–H and O–H groups in total. The number of rotatable bonds is 3. The first-order valence-electron chi connectivity index (χ1n) is 3.71. The van der Waals surface area contributed by atoms with E-state index in [1.807, 2.05) is 25.2 Å². The quantitative estimate of drug-likeness (QED) is 0.743. The molecule has 0 bridgehead atoms. The van der Waals surface area contributed by atoms with Crippen molar-refractivity contribution in [1.29, 1.82) is 0 Å². The third-order valence-corrected chi connectivity index (χ3v) is 1.68. The molecule has 0 saturated heterocycles. The molecule has 0 radical (unpaired) electrons. The Bertz CT molecular complexity index is 261. The lowest BCUT2D eigenvalue weighted by atomic mass is 10.3. The maximum atomic E-state index is 5.14. The Morgan fingerprint density at radius 1 is 1.17 bits per heavy atom. The topological polar surface area (TPSA) is 30.5 Å². The van der Waals surface area contributed by atoms with Gasteiger partial charge in [-0.3, -0.25) is 0 Å². The average molecular weight is 167 g/mol. The van der Waals surface area contributed by atoms with Crippen LogP contribution in [0.1, 0.15) is 0 Å². The minimum absolute atomic E-state index is 0.789. The third-order valence-electron chi connectivity index (χ3n) is 1.68. The Balaban J connectivity index is 3.02. The number of nitrogens with one attached hydrogen (secondary N) is 1. The molecule has 0 spiro atoms. The fourth-order valence-electron chi connectivity index (χ4n) is 1.01. The maximum Gasteiger partial charge on any atom is 0.145 e. The van der Waals surface area contributed by atoms with Gasteiger partial charge in [0, 0.05) is 13.1 Å². The van der Waals surface area contributed by atoms with Gasteiger partial charge in [0.25, 0.3) is 0 Å². The molecule has 0 saturated carbocycles. The molecule has 0 amide bonds. The van der Waals surface area contributed by atoms with Crippen molar-refractivity contribution in [2.75, 3.05) is 26.6 Å². The van der Waals surface area contributed by atoms with E-state index in [2.05, 4.69) is 5.32 Å². The summed E-state index contributed by atoms with van der Waals surface area (Å²) in [6.45, 7) is 0. The monoisotopic (exact) mass is 167 g/mol. The molecule has 0 aliphatic carbocycles. The Labute approximate surface area is 72.3 Å². The van der Waals surface area contributed by atoms with E-state index >= 15 is 0 Å². The van der Waals surface area contributed by atoms with Crippen LogP contribution in [0.3, 0.4) is 0 Å². The molecule has 0 unspecified atom stereocenters. The molecular formula is C9H13NO2. The van der Waals surface area contributed by atoms with Gasteiger partial charge in [0.05, 0.1) is 19.9 Å². The predicted octanol–water partition coefficient (Wildman–Crippen LogP) is 1.75. The van der Waals surface area contributed by atoms with Crippen molar-refractivity contribution in [2.45, 2.75) is 0 Å². The summed E-state index contributed by atoms with van der Waals surface area (Å²) in [5, 5.41) is 3.02. The van der Waals surface area contributed by atoms with Crippen molar-refractivity contribution < 1.29 is 9.47 Å². The lowest BCUT2D eigenvalue weighted by molar-refractivity contribution is 0.395. The highest BCUT2D eigenvalue weighted by Gasteiger charge is 2.01. The Kier molecular flexibility index (Phi) is 2.80. The molecule has 0 atom stereocenters. The van der Waals surface area contributed by atoms with E-state index in [4.69, 9.17) is 9.47 Å². The van der Waals surface area contributed by atoms with Gasteiger partial charge in [0.2, 0.25) is 0 Å². The summed E-state index contributed by atoms with van der Waals surface area (Å²) in [5.74, 6) is 1.59. The van der Waals surface area contributed by atoms with Crippen LogP contribution in [0.4, 0.5) is 5.69 Å². The summed E-state index contributed by atoms with van der Waals surface area (Å²) >= 11 is 0. The molecule has 3 nitrogen and oxygen atoms in total. The van der Waals surface area contributed by atoms with Gasteiger partial charge in [-0.1, -0.05) is 0 Å². The van der Waals surface area contributed by atoms with Crippen molar-refractivity contribution in [2.24, 2.45) is 0 Å². The minimum Gasteiger partial charge on any atom is -0.497 e. The molecule has 0 heterocycles. The number of anilines is 1. The van der Waals surface area contributed by atoms with Gasteiger partial charge in [-0.15, -0.1) is 0 Å². The van der Waals surface area contributed by atoms with E-state index < -0.39 is 0 Å². The van der Waals surface area contributed by atoms with Crippen LogP contribution < -0.4 is 14.8 Å². The van der Waals surface area contributed by atoms with Crippen molar-refractivity contribution in [1.82, 2.24) is 0 Å². The molecule has 1 rings (SSSR count). The largest absolute Gasteiger partial charge is 0.497 e. The van der Waals surface area contributed by atoms with Gasteiger partial charge in [-0.2, -0.15) is 0 Å². The number of methoxy groups -OCH3 is 2. The maximum absolute atomic E-state index is 5.14. The molecular weight excluding hydrogens is 154 g/mol. The summed E-state index contributed by atoms with van der Waals surface area (Å²) in [7, 11) is 5.12. The minimum atomic E-state index is 0.789. The van der Waals surface area contributed by atoms with E-state index in [9.17, 15) is 0 Å². The molecule has 66 valence electrons. The van der Waals surface area contributed by atoms with Gasteiger partial charge in [-0.25, -0.2) is 0 Å². The normalized spacial score (nSPS) is 9.25. The van der Waals surface area contributed by atoms with Gasteiger partial charge in [-0.05, 0) is 12.1 Å². The lowest BCUT2D eigenvalue weighted by Gasteiger charge is -2.08. The Morgan fingerprint density at radius 3 is 2.42 bits per heavy atom. The van der Waals surface area contributed by atoms with E-state index in [0.29, 0.717) is 0 Å². The molecule has 12 heavy (non-hydrogen) atoms. The van der Waals surface area contributed by atoms with Gasteiger partial charge in [0.15, 0.2) is 0 Å². The summed E-state index contributed by atoms with van der Waals surface area (Å²) < 4.78 is 10.2. The van der Waals surface area contributed by atoms with E-state index in [0.717, 1.165) is 17.2 Å². The lowest BCUT2D eigenvalue weighted by Crippen LogP contribution is -1.94. The van der Waals surface area contributed by atoms with Crippen LogP contribution in [0.2, 0.25) is 0 Å². The summed E-state index contributed by atoms with van der Waals surface area (Å²) in [6, 6.07) is 5.64. The first kappa shape index (κ1) is 8.71. The zero-order valence-corrected chi connectivity index (χ0v) is 7.55. The molecule has 1 aromatic carbocycles. The fourth-order valence-corrected chi connectivity index (χ4v) is 1.01. The van der Waals surface area contributed by atoms with Crippen LogP contribution in [-0.4, -0.2) is 21.3 Å². The number of benzene rings is 1. The van der Waals surface area contributed by atoms with Gasteiger partial charge in [0.1, 0.15) is 11.5 Å². The highest BCUT2D eigenvalue weighted by atomic mass is 16.5. The first-order chi connectivity index (χ1) is 5.81. The van der Waals surface area contributed by atoms with Crippen molar-refractivity contribution >= 4 is 5.69 Å². The van der Waals surface area contributed by atoms with E-state index in [1.165, 1.54) is 0 Å². The van der Waals surface area contributed by atoms with E-state index in [1.54, 1.807) is 14.2 Å². The van der Waals surface area contributed by atoms with Crippen molar-refractivity contribution in [3.8, 4) is 11.5 Å². The highest BCUT2D eigenvalue weighted by molar-refractivity contribution is 5.58. The third kappa shape index (κ3) is 1.61. The standard InChI is InChI=1S/C9H13NO2/c1-10-8-5-4-7(11-2)6-9(8)12-3/h4-6,10H,1-3H3. The molecule has 0 aliphatic rings. The van der Waals surface area contributed by atoms with Gasteiger partial charge >= 0.3 is 0 Å². The van der Waals surface area contributed by atoms with Crippen molar-refractivity contribution in [3.05, 3.63) is 18.2 Å². The van der Waals surface area contributed by atoms with Crippen LogP contribution >= 0.6 is 0 Å².